The first-order chi connectivity index (χ1) is 12.4. The average molecular weight is 360 g/mol. The maximum atomic E-state index is 12.1. The Kier molecular flexibility index (Phi) is 6.74. The number of nitrogens with zero attached hydrogens (tertiary/aromatic N) is 3. The SMILES string of the molecule is COc1ccc(Cn2c(O)c(C=NCCCN(C)C)c(=O)[nH]c2=O)cc1. The third kappa shape index (κ3) is 5.06. The number of aromatic amines is 1. The second-order valence-electron chi connectivity index (χ2n) is 6.12. The number of aromatic hydroxyl groups is 1. The Labute approximate surface area is 151 Å². The van der Waals surface area contributed by atoms with Crippen LogP contribution in [0, 0.1) is 0 Å². The van der Waals surface area contributed by atoms with Crippen molar-refractivity contribution in [3.63, 3.8) is 0 Å². The summed E-state index contributed by atoms with van der Waals surface area (Å²) in [7, 11) is 5.50. The van der Waals surface area contributed by atoms with Crippen LogP contribution in [0.1, 0.15) is 17.5 Å². The van der Waals surface area contributed by atoms with E-state index < -0.39 is 17.1 Å². The van der Waals surface area contributed by atoms with Gasteiger partial charge in [-0.25, -0.2) is 4.79 Å². The zero-order chi connectivity index (χ0) is 19.1. The molecule has 0 aliphatic heterocycles. The normalized spacial score (nSPS) is 11.4. The molecule has 2 N–H and O–H groups in total. The van der Waals surface area contributed by atoms with Crippen molar-refractivity contribution in [1.29, 1.82) is 0 Å². The Morgan fingerprint density at radius 1 is 1.27 bits per heavy atom. The van der Waals surface area contributed by atoms with Gasteiger partial charge >= 0.3 is 5.69 Å². The number of aliphatic imine (C=N–C) groups is 1. The molecule has 0 saturated heterocycles. The molecule has 0 atom stereocenters. The molecule has 26 heavy (non-hydrogen) atoms. The minimum atomic E-state index is -0.673. The van der Waals surface area contributed by atoms with Crippen LogP contribution in [-0.4, -0.2) is 60.1 Å². The van der Waals surface area contributed by atoms with Crippen LogP contribution in [-0.2, 0) is 6.54 Å². The molecule has 1 aromatic carbocycles. The van der Waals surface area contributed by atoms with Crippen molar-refractivity contribution >= 4 is 6.21 Å². The van der Waals surface area contributed by atoms with E-state index in [4.69, 9.17) is 4.74 Å². The van der Waals surface area contributed by atoms with Gasteiger partial charge in [-0.3, -0.25) is 19.3 Å². The van der Waals surface area contributed by atoms with Crippen LogP contribution >= 0.6 is 0 Å². The Bertz CT molecular complexity index is 866. The van der Waals surface area contributed by atoms with E-state index in [1.807, 2.05) is 19.0 Å². The first-order valence-corrected chi connectivity index (χ1v) is 8.26. The van der Waals surface area contributed by atoms with E-state index >= 15 is 0 Å². The highest BCUT2D eigenvalue weighted by molar-refractivity contribution is 5.81. The van der Waals surface area contributed by atoms with Gasteiger partial charge in [0, 0.05) is 12.8 Å². The summed E-state index contributed by atoms with van der Waals surface area (Å²) in [5.41, 5.74) is -0.574. The largest absolute Gasteiger partial charge is 0.497 e. The molecule has 2 aromatic rings. The fourth-order valence-corrected chi connectivity index (χ4v) is 2.39. The van der Waals surface area contributed by atoms with E-state index in [0.29, 0.717) is 12.3 Å². The van der Waals surface area contributed by atoms with Crippen molar-refractivity contribution in [2.75, 3.05) is 34.3 Å². The predicted molar refractivity (Wildman–Crippen MR) is 101 cm³/mol. The minimum absolute atomic E-state index is 0.0250. The summed E-state index contributed by atoms with van der Waals surface area (Å²) in [6.45, 7) is 1.51. The number of hydrogen-bond donors (Lipinski definition) is 2. The van der Waals surface area contributed by atoms with Gasteiger partial charge in [-0.05, 0) is 44.8 Å². The molecule has 2 rings (SSSR count). The summed E-state index contributed by atoms with van der Waals surface area (Å²) < 4.78 is 6.20. The van der Waals surface area contributed by atoms with Crippen molar-refractivity contribution in [3.05, 3.63) is 56.2 Å². The second-order valence-corrected chi connectivity index (χ2v) is 6.12. The average Bonchev–Trinajstić information content (AvgIpc) is 2.61. The molecular formula is C18H24N4O4. The summed E-state index contributed by atoms with van der Waals surface area (Å²) in [5.74, 6) is 0.295. The lowest BCUT2D eigenvalue weighted by Gasteiger charge is -2.10. The molecule has 0 aliphatic rings. The smallest absolute Gasteiger partial charge is 0.331 e. The van der Waals surface area contributed by atoms with Gasteiger partial charge < -0.3 is 14.7 Å². The van der Waals surface area contributed by atoms with Crippen LogP contribution in [0.4, 0.5) is 0 Å². The van der Waals surface area contributed by atoms with Crippen LogP contribution in [0.5, 0.6) is 11.6 Å². The lowest BCUT2D eigenvalue weighted by molar-refractivity contribution is 0.403. The summed E-state index contributed by atoms with van der Waals surface area (Å²) in [5, 5.41) is 10.4. The third-order valence-electron chi connectivity index (χ3n) is 3.82. The first kappa shape index (κ1) is 19.5. The van der Waals surface area contributed by atoms with Crippen LogP contribution in [0.15, 0.2) is 38.8 Å². The fraction of sp³-hybridized carbons (Fsp3) is 0.389. The summed E-state index contributed by atoms with van der Waals surface area (Å²) in [6, 6.07) is 7.09. The molecule has 0 spiro atoms. The number of hydrogen-bond acceptors (Lipinski definition) is 6. The van der Waals surface area contributed by atoms with E-state index in [1.165, 1.54) is 6.21 Å². The highest BCUT2D eigenvalue weighted by Gasteiger charge is 2.13. The molecule has 8 nitrogen and oxygen atoms in total. The van der Waals surface area contributed by atoms with Gasteiger partial charge in [-0.2, -0.15) is 0 Å². The number of benzene rings is 1. The maximum absolute atomic E-state index is 12.1. The quantitative estimate of drug-likeness (QED) is 0.532. The molecular weight excluding hydrogens is 336 g/mol. The molecule has 0 saturated carbocycles. The zero-order valence-corrected chi connectivity index (χ0v) is 15.2. The number of ether oxygens (including phenoxy) is 1. The van der Waals surface area contributed by atoms with Crippen LogP contribution in [0.3, 0.4) is 0 Å². The highest BCUT2D eigenvalue weighted by atomic mass is 16.5. The van der Waals surface area contributed by atoms with Crippen LogP contribution < -0.4 is 16.0 Å². The number of H-pyrrole nitrogens is 1. The van der Waals surface area contributed by atoms with Gasteiger partial charge in [0.25, 0.3) is 5.56 Å². The van der Waals surface area contributed by atoms with Crippen molar-refractivity contribution in [1.82, 2.24) is 14.5 Å². The molecule has 140 valence electrons. The van der Waals surface area contributed by atoms with Crippen molar-refractivity contribution in [3.8, 4) is 11.6 Å². The summed E-state index contributed by atoms with van der Waals surface area (Å²) >= 11 is 0. The molecule has 0 unspecified atom stereocenters. The van der Waals surface area contributed by atoms with E-state index in [9.17, 15) is 14.7 Å². The van der Waals surface area contributed by atoms with Crippen LogP contribution in [0.25, 0.3) is 0 Å². The van der Waals surface area contributed by atoms with E-state index in [2.05, 4.69) is 9.98 Å². The highest BCUT2D eigenvalue weighted by Crippen LogP contribution is 2.14. The lowest BCUT2D eigenvalue weighted by atomic mass is 10.2. The number of aromatic nitrogens is 2. The number of nitrogens with one attached hydrogen (secondary N) is 1. The van der Waals surface area contributed by atoms with Gasteiger partial charge in [-0.15, -0.1) is 0 Å². The predicted octanol–water partition coefficient (Wildman–Crippen LogP) is 0.670. The monoisotopic (exact) mass is 360 g/mol. The van der Waals surface area contributed by atoms with Gasteiger partial charge in [0.1, 0.15) is 11.3 Å². The fourth-order valence-electron chi connectivity index (χ4n) is 2.39. The Balaban J connectivity index is 2.22. The first-order valence-electron chi connectivity index (χ1n) is 8.26. The lowest BCUT2D eigenvalue weighted by Crippen LogP contribution is -2.32. The van der Waals surface area contributed by atoms with Crippen molar-refractivity contribution < 1.29 is 9.84 Å². The molecule has 0 amide bonds. The molecule has 0 bridgehead atoms. The van der Waals surface area contributed by atoms with Gasteiger partial charge in [0.2, 0.25) is 5.88 Å². The van der Waals surface area contributed by atoms with Crippen molar-refractivity contribution in [2.45, 2.75) is 13.0 Å². The summed E-state index contributed by atoms with van der Waals surface area (Å²) in [6.07, 6.45) is 2.14. The standard InChI is InChI=1S/C18H24N4O4/c1-21(2)10-4-9-19-11-15-16(23)20-18(25)22(17(15)24)12-13-5-7-14(26-3)8-6-13/h5-8,11,24H,4,9-10,12H2,1-3H3,(H,20,23,25). The van der Waals surface area contributed by atoms with Gasteiger partial charge in [-0.1, -0.05) is 12.1 Å². The molecule has 0 aliphatic carbocycles. The van der Waals surface area contributed by atoms with E-state index in [-0.39, 0.29) is 12.1 Å². The Hall–Kier alpha value is -2.87. The molecule has 0 fully saturated rings. The molecule has 8 heteroatoms. The Morgan fingerprint density at radius 3 is 2.58 bits per heavy atom. The zero-order valence-electron chi connectivity index (χ0n) is 15.2. The molecule has 0 radical (unpaired) electrons. The van der Waals surface area contributed by atoms with Crippen LogP contribution in [0.2, 0.25) is 0 Å². The maximum Gasteiger partial charge on any atom is 0.331 e. The number of rotatable bonds is 8. The topological polar surface area (TPSA) is 99.9 Å². The van der Waals surface area contributed by atoms with E-state index in [1.54, 1.807) is 31.4 Å². The third-order valence-corrected chi connectivity index (χ3v) is 3.82. The Morgan fingerprint density at radius 2 is 1.96 bits per heavy atom. The minimum Gasteiger partial charge on any atom is -0.497 e. The summed E-state index contributed by atoms with van der Waals surface area (Å²) in [4.78, 5) is 32.5. The molecule has 1 heterocycles. The number of methoxy groups -OCH3 is 1. The molecule has 1 aromatic heterocycles. The second kappa shape index (κ2) is 9.00. The van der Waals surface area contributed by atoms with Gasteiger partial charge in [0.05, 0.1) is 13.7 Å². The van der Waals surface area contributed by atoms with Gasteiger partial charge in [0.15, 0.2) is 0 Å². The van der Waals surface area contributed by atoms with Crippen molar-refractivity contribution in [2.24, 2.45) is 4.99 Å². The van der Waals surface area contributed by atoms with E-state index in [0.717, 1.165) is 23.1 Å².